The largest absolute Gasteiger partial charge is 0.343 e. The van der Waals surface area contributed by atoms with Crippen LogP contribution in [0.15, 0.2) is 35.2 Å². The molecule has 22 heavy (non-hydrogen) atoms. The molecule has 6 heteroatoms. The highest BCUT2D eigenvalue weighted by atomic mass is 32.2. The van der Waals surface area contributed by atoms with E-state index in [9.17, 15) is 13.2 Å². The summed E-state index contributed by atoms with van der Waals surface area (Å²) >= 11 is 0. The summed E-state index contributed by atoms with van der Waals surface area (Å²) in [5, 5.41) is 0. The highest BCUT2D eigenvalue weighted by Gasteiger charge is 2.18. The summed E-state index contributed by atoms with van der Waals surface area (Å²) in [6, 6.07) is 7.57. The van der Waals surface area contributed by atoms with E-state index in [1.807, 2.05) is 0 Å². The molecule has 0 heterocycles. The lowest BCUT2D eigenvalue weighted by molar-refractivity contribution is -0.211. The second kappa shape index (κ2) is 10.3. The van der Waals surface area contributed by atoms with E-state index in [0.29, 0.717) is 6.42 Å². The Kier molecular flexibility index (Phi) is 8.77. The number of carbonyl (C=O) groups excluding carboxylic acids is 1. The van der Waals surface area contributed by atoms with Gasteiger partial charge in [-0.15, -0.1) is 0 Å². The van der Waals surface area contributed by atoms with Crippen LogP contribution in [0.1, 0.15) is 58.3 Å². The Hall–Kier alpha value is -1.40. The smallest absolute Gasteiger partial charge is 0.281 e. The molecule has 0 saturated carbocycles. The Morgan fingerprint density at radius 2 is 1.55 bits per heavy atom. The fourth-order valence-corrected chi connectivity index (χ4v) is 2.71. The van der Waals surface area contributed by atoms with E-state index in [-0.39, 0.29) is 11.3 Å². The molecule has 0 N–H and O–H groups in total. The van der Waals surface area contributed by atoms with Gasteiger partial charge in [0.15, 0.2) is 0 Å². The van der Waals surface area contributed by atoms with Crippen LogP contribution >= 0.6 is 0 Å². The van der Waals surface area contributed by atoms with Crippen molar-refractivity contribution in [3.05, 3.63) is 30.3 Å². The van der Waals surface area contributed by atoms with Crippen molar-refractivity contribution in [1.82, 2.24) is 0 Å². The summed E-state index contributed by atoms with van der Waals surface area (Å²) in [4.78, 5) is 15.8. The molecule has 1 rings (SSSR count). The fraction of sp³-hybridized carbons (Fsp3) is 0.562. The van der Waals surface area contributed by atoms with Gasteiger partial charge in [-0.1, -0.05) is 63.6 Å². The summed E-state index contributed by atoms with van der Waals surface area (Å²) in [6.07, 6.45) is 7.70. The quantitative estimate of drug-likeness (QED) is 0.349. The number of hydrogen-bond acceptors (Lipinski definition) is 5. The van der Waals surface area contributed by atoms with Crippen LogP contribution in [0.2, 0.25) is 0 Å². The van der Waals surface area contributed by atoms with Gasteiger partial charge >= 0.3 is 16.1 Å². The van der Waals surface area contributed by atoms with Crippen LogP contribution in [0.5, 0.6) is 0 Å². The molecular formula is C16H24O5S. The number of hydrogen-bond donors (Lipinski definition) is 0. The van der Waals surface area contributed by atoms with Crippen LogP contribution in [-0.4, -0.2) is 14.4 Å². The molecule has 0 fully saturated rings. The van der Waals surface area contributed by atoms with Crippen LogP contribution in [0.4, 0.5) is 0 Å². The Labute approximate surface area is 132 Å². The third-order valence-corrected chi connectivity index (χ3v) is 4.33. The van der Waals surface area contributed by atoms with E-state index in [1.165, 1.54) is 37.8 Å². The molecule has 0 atom stereocenters. The second-order valence-electron chi connectivity index (χ2n) is 5.16. The fourth-order valence-electron chi connectivity index (χ4n) is 1.98. The first-order chi connectivity index (χ1) is 10.6. The third kappa shape index (κ3) is 7.56. The van der Waals surface area contributed by atoms with Gasteiger partial charge in [0.2, 0.25) is 0 Å². The Balaban J connectivity index is 2.18. The first kappa shape index (κ1) is 18.6. The summed E-state index contributed by atoms with van der Waals surface area (Å²) in [5.41, 5.74) is 0. The molecule has 1 aromatic carbocycles. The zero-order chi connectivity index (χ0) is 16.3. The molecule has 0 unspecified atom stereocenters. The highest BCUT2D eigenvalue weighted by molar-refractivity contribution is 7.86. The van der Waals surface area contributed by atoms with Crippen molar-refractivity contribution < 1.29 is 22.4 Å². The van der Waals surface area contributed by atoms with Crippen LogP contribution in [0.3, 0.4) is 0 Å². The number of unbranched alkanes of at least 4 members (excludes halogenated alkanes) is 6. The van der Waals surface area contributed by atoms with Crippen LogP contribution < -0.4 is 0 Å². The summed E-state index contributed by atoms with van der Waals surface area (Å²) < 4.78 is 27.7. The molecule has 0 saturated heterocycles. The van der Waals surface area contributed by atoms with Gasteiger partial charge in [-0.2, -0.15) is 8.42 Å². The summed E-state index contributed by atoms with van der Waals surface area (Å²) in [6.45, 7) is 2.17. The maximum absolute atomic E-state index is 11.7. The molecule has 0 aliphatic carbocycles. The lowest BCUT2D eigenvalue weighted by Crippen LogP contribution is -2.12. The molecule has 0 radical (unpaired) electrons. The molecule has 5 nitrogen and oxygen atoms in total. The zero-order valence-electron chi connectivity index (χ0n) is 13.0. The molecule has 0 amide bonds. The van der Waals surface area contributed by atoms with E-state index in [4.69, 9.17) is 0 Å². The Morgan fingerprint density at radius 3 is 2.18 bits per heavy atom. The van der Waals surface area contributed by atoms with E-state index in [0.717, 1.165) is 12.8 Å². The Bertz CT molecular complexity index is 525. The van der Waals surface area contributed by atoms with Crippen LogP contribution in [0.25, 0.3) is 0 Å². The maximum Gasteiger partial charge on any atom is 0.343 e. The molecular weight excluding hydrogens is 304 g/mol. The van der Waals surface area contributed by atoms with Crippen LogP contribution in [0, 0.1) is 0 Å². The number of benzene rings is 1. The van der Waals surface area contributed by atoms with E-state index < -0.39 is 16.1 Å². The minimum absolute atomic E-state index is 0.0428. The maximum atomic E-state index is 11.7. The van der Waals surface area contributed by atoms with Gasteiger partial charge in [0, 0.05) is 6.42 Å². The first-order valence-electron chi connectivity index (χ1n) is 7.75. The van der Waals surface area contributed by atoms with E-state index in [1.54, 1.807) is 18.2 Å². The standard InChI is InChI=1S/C16H24O5S/c1-2-3-4-5-6-7-11-14-16(17)20-21-22(18,19)15-12-9-8-10-13-15/h8-10,12-13H,2-7,11,14H2,1H3. The highest BCUT2D eigenvalue weighted by Crippen LogP contribution is 2.13. The molecule has 0 aromatic heterocycles. The number of rotatable bonds is 11. The van der Waals surface area contributed by atoms with Crippen molar-refractivity contribution in [2.24, 2.45) is 0 Å². The van der Waals surface area contributed by atoms with Gasteiger partial charge in [-0.25, -0.2) is 4.79 Å². The summed E-state index contributed by atoms with van der Waals surface area (Å²) in [7, 11) is -4.04. The predicted octanol–water partition coefficient (Wildman–Crippen LogP) is 3.99. The van der Waals surface area contributed by atoms with Crippen molar-refractivity contribution in [3.8, 4) is 0 Å². The monoisotopic (exact) mass is 328 g/mol. The Morgan fingerprint density at radius 1 is 0.955 bits per heavy atom. The van der Waals surface area contributed by atoms with Crippen molar-refractivity contribution in [3.63, 3.8) is 0 Å². The molecule has 1 aromatic rings. The SMILES string of the molecule is CCCCCCCCCC(=O)OOS(=O)(=O)c1ccccc1. The van der Waals surface area contributed by atoms with Gasteiger partial charge in [0.1, 0.15) is 0 Å². The lowest BCUT2D eigenvalue weighted by atomic mass is 10.1. The number of carbonyl (C=O) groups is 1. The van der Waals surface area contributed by atoms with Crippen molar-refractivity contribution in [2.45, 2.75) is 63.2 Å². The molecule has 0 aliphatic heterocycles. The minimum Gasteiger partial charge on any atom is -0.281 e. The van der Waals surface area contributed by atoms with Gasteiger partial charge in [-0.05, 0) is 22.9 Å². The summed E-state index contributed by atoms with van der Waals surface area (Å²) in [5.74, 6) is -0.659. The van der Waals surface area contributed by atoms with E-state index in [2.05, 4.69) is 16.1 Å². The molecule has 0 spiro atoms. The van der Waals surface area contributed by atoms with Gasteiger partial charge in [0.25, 0.3) is 0 Å². The van der Waals surface area contributed by atoms with Gasteiger partial charge in [0.05, 0.1) is 4.90 Å². The normalized spacial score (nSPS) is 11.3. The van der Waals surface area contributed by atoms with E-state index >= 15 is 0 Å². The first-order valence-corrected chi connectivity index (χ1v) is 9.16. The predicted molar refractivity (Wildman–Crippen MR) is 83.4 cm³/mol. The van der Waals surface area contributed by atoms with Crippen molar-refractivity contribution in [1.29, 1.82) is 0 Å². The van der Waals surface area contributed by atoms with Gasteiger partial charge < -0.3 is 0 Å². The van der Waals surface area contributed by atoms with Crippen molar-refractivity contribution in [2.75, 3.05) is 0 Å². The minimum atomic E-state index is -4.04. The van der Waals surface area contributed by atoms with Gasteiger partial charge in [-0.3, -0.25) is 4.89 Å². The molecule has 0 aliphatic rings. The lowest BCUT2D eigenvalue weighted by Gasteiger charge is -2.04. The molecule has 0 bridgehead atoms. The molecule has 124 valence electrons. The zero-order valence-corrected chi connectivity index (χ0v) is 13.8. The second-order valence-corrected chi connectivity index (χ2v) is 6.68. The average Bonchev–Trinajstić information content (AvgIpc) is 2.53. The van der Waals surface area contributed by atoms with Crippen LogP contribution in [-0.2, 0) is 24.1 Å². The van der Waals surface area contributed by atoms with Crippen molar-refractivity contribution >= 4 is 16.1 Å². The third-order valence-electron chi connectivity index (χ3n) is 3.23. The topological polar surface area (TPSA) is 69.7 Å². The average molecular weight is 328 g/mol.